The number of ether oxygens (including phenoxy) is 1. The van der Waals surface area contributed by atoms with Crippen LogP contribution in [0.3, 0.4) is 0 Å². The Balaban J connectivity index is 2.50. The molecule has 0 bridgehead atoms. The number of likely N-dealkylation sites (N-methyl/N-ethyl adjacent to an activating group) is 1. The molecule has 0 aromatic heterocycles. The number of β-amino-alcohol motifs (C(OH)–C–C–N with tert-alkyl or cyclic N) is 1. The van der Waals surface area contributed by atoms with Gasteiger partial charge in [0.25, 0.3) is 0 Å². The summed E-state index contributed by atoms with van der Waals surface area (Å²) >= 11 is 0. The number of carbonyl (C=O) groups is 1. The lowest BCUT2D eigenvalue weighted by Gasteiger charge is -2.31. The van der Waals surface area contributed by atoms with E-state index in [2.05, 4.69) is 4.74 Å². The largest absolute Gasteiger partial charge is 0.469 e. The van der Waals surface area contributed by atoms with Crippen LogP contribution in [-0.4, -0.2) is 49.3 Å². The van der Waals surface area contributed by atoms with Crippen LogP contribution in [-0.2, 0) is 9.53 Å². The minimum Gasteiger partial charge on any atom is -0.469 e. The number of piperidine rings is 1. The Morgan fingerprint density at radius 1 is 1.67 bits per heavy atom. The van der Waals surface area contributed by atoms with Crippen molar-refractivity contribution in [2.24, 2.45) is 5.92 Å². The molecule has 0 aromatic rings. The van der Waals surface area contributed by atoms with Gasteiger partial charge < -0.3 is 14.7 Å². The van der Waals surface area contributed by atoms with Crippen molar-refractivity contribution in [1.29, 1.82) is 0 Å². The van der Waals surface area contributed by atoms with Gasteiger partial charge in [0.1, 0.15) is 0 Å². The predicted octanol–water partition coefficient (Wildman–Crippen LogP) is -0.528. The number of rotatable bonds is 1. The molecule has 1 saturated heterocycles. The van der Waals surface area contributed by atoms with Gasteiger partial charge >= 0.3 is 5.97 Å². The van der Waals surface area contributed by atoms with E-state index in [1.807, 2.05) is 11.9 Å². The van der Waals surface area contributed by atoms with E-state index in [0.717, 1.165) is 6.54 Å². The summed E-state index contributed by atoms with van der Waals surface area (Å²) in [7, 11) is 3.28. The van der Waals surface area contributed by atoms with Gasteiger partial charge in [-0.3, -0.25) is 4.79 Å². The maximum Gasteiger partial charge on any atom is 0.311 e. The van der Waals surface area contributed by atoms with Crippen molar-refractivity contribution in [2.75, 3.05) is 27.2 Å². The SMILES string of the molecule is COC(=O)[C@H]1CCN(C)C[C@H]1O. The summed E-state index contributed by atoms with van der Waals surface area (Å²) in [6.07, 6.45) is 0.112. The van der Waals surface area contributed by atoms with Crippen molar-refractivity contribution in [3.63, 3.8) is 0 Å². The fourth-order valence-corrected chi connectivity index (χ4v) is 1.52. The van der Waals surface area contributed by atoms with E-state index >= 15 is 0 Å². The number of esters is 1. The molecule has 1 fully saturated rings. The first-order valence-corrected chi connectivity index (χ1v) is 4.09. The van der Waals surface area contributed by atoms with E-state index in [-0.39, 0.29) is 11.9 Å². The highest BCUT2D eigenvalue weighted by molar-refractivity contribution is 5.73. The Morgan fingerprint density at radius 2 is 2.33 bits per heavy atom. The van der Waals surface area contributed by atoms with Gasteiger partial charge in [0.15, 0.2) is 0 Å². The van der Waals surface area contributed by atoms with Crippen LogP contribution >= 0.6 is 0 Å². The lowest BCUT2D eigenvalue weighted by Crippen LogP contribution is -2.45. The van der Waals surface area contributed by atoms with Gasteiger partial charge in [0.05, 0.1) is 19.1 Å². The number of hydrogen-bond donors (Lipinski definition) is 1. The summed E-state index contributed by atoms with van der Waals surface area (Å²) in [4.78, 5) is 13.1. The number of nitrogens with zero attached hydrogens (tertiary/aromatic N) is 1. The highest BCUT2D eigenvalue weighted by Gasteiger charge is 2.32. The number of methoxy groups -OCH3 is 1. The summed E-state index contributed by atoms with van der Waals surface area (Å²) in [6, 6.07) is 0. The van der Waals surface area contributed by atoms with Crippen molar-refractivity contribution in [1.82, 2.24) is 4.90 Å². The Morgan fingerprint density at radius 3 is 2.83 bits per heavy atom. The minimum atomic E-state index is -0.573. The molecule has 2 atom stereocenters. The molecule has 1 rings (SSSR count). The number of likely N-dealkylation sites (tertiary alicyclic amines) is 1. The topological polar surface area (TPSA) is 49.8 Å². The zero-order chi connectivity index (χ0) is 9.14. The Kier molecular flexibility index (Phi) is 3.05. The average molecular weight is 173 g/mol. The molecule has 4 nitrogen and oxygen atoms in total. The van der Waals surface area contributed by atoms with Gasteiger partial charge in [-0.2, -0.15) is 0 Å². The molecule has 1 aliphatic rings. The fourth-order valence-electron chi connectivity index (χ4n) is 1.52. The second-order valence-electron chi connectivity index (χ2n) is 3.25. The van der Waals surface area contributed by atoms with Crippen LogP contribution < -0.4 is 0 Å². The molecule has 1 N–H and O–H groups in total. The highest BCUT2D eigenvalue weighted by atomic mass is 16.5. The van der Waals surface area contributed by atoms with Crippen molar-refractivity contribution < 1.29 is 14.6 Å². The molecule has 0 aliphatic carbocycles. The molecule has 0 aromatic carbocycles. The van der Waals surface area contributed by atoms with E-state index in [4.69, 9.17) is 0 Å². The summed E-state index contributed by atoms with van der Waals surface area (Å²) in [6.45, 7) is 1.40. The zero-order valence-corrected chi connectivity index (χ0v) is 7.49. The van der Waals surface area contributed by atoms with Gasteiger partial charge in [0, 0.05) is 6.54 Å². The molecule has 70 valence electrons. The first-order chi connectivity index (χ1) is 5.65. The quantitative estimate of drug-likeness (QED) is 0.542. The monoisotopic (exact) mass is 173 g/mol. The second kappa shape index (κ2) is 3.87. The van der Waals surface area contributed by atoms with Gasteiger partial charge in [-0.25, -0.2) is 0 Å². The van der Waals surface area contributed by atoms with Crippen LogP contribution in [0.5, 0.6) is 0 Å². The van der Waals surface area contributed by atoms with E-state index in [9.17, 15) is 9.90 Å². The van der Waals surface area contributed by atoms with Gasteiger partial charge in [0.2, 0.25) is 0 Å². The Hall–Kier alpha value is -0.610. The van der Waals surface area contributed by atoms with Crippen LogP contribution in [0.2, 0.25) is 0 Å². The molecular weight excluding hydrogens is 158 g/mol. The number of carbonyl (C=O) groups excluding carboxylic acids is 1. The second-order valence-corrected chi connectivity index (χ2v) is 3.25. The van der Waals surface area contributed by atoms with Crippen molar-refractivity contribution in [3.8, 4) is 0 Å². The fraction of sp³-hybridized carbons (Fsp3) is 0.875. The van der Waals surface area contributed by atoms with Crippen molar-refractivity contribution >= 4 is 5.97 Å². The Labute approximate surface area is 72.1 Å². The number of aliphatic hydroxyl groups is 1. The maximum absolute atomic E-state index is 11.1. The first-order valence-electron chi connectivity index (χ1n) is 4.09. The van der Waals surface area contributed by atoms with Crippen molar-refractivity contribution in [2.45, 2.75) is 12.5 Å². The molecule has 4 heteroatoms. The molecule has 1 aliphatic heterocycles. The zero-order valence-electron chi connectivity index (χ0n) is 7.49. The third-order valence-corrected chi connectivity index (χ3v) is 2.29. The predicted molar refractivity (Wildman–Crippen MR) is 43.6 cm³/mol. The molecule has 1 heterocycles. The van der Waals surface area contributed by atoms with Crippen LogP contribution in [0.15, 0.2) is 0 Å². The van der Waals surface area contributed by atoms with E-state index in [0.29, 0.717) is 13.0 Å². The average Bonchev–Trinajstić information content (AvgIpc) is 2.03. The van der Waals surface area contributed by atoms with Gasteiger partial charge in [-0.05, 0) is 20.0 Å². The van der Waals surface area contributed by atoms with Crippen LogP contribution in [0.1, 0.15) is 6.42 Å². The summed E-state index contributed by atoms with van der Waals surface area (Å²) in [5.41, 5.74) is 0. The standard InChI is InChI=1S/C8H15NO3/c1-9-4-3-6(7(10)5-9)8(11)12-2/h6-7,10H,3-5H2,1-2H3/t6-,7+/m0/s1. The highest BCUT2D eigenvalue weighted by Crippen LogP contribution is 2.17. The first kappa shape index (κ1) is 9.48. The molecule has 12 heavy (non-hydrogen) atoms. The third-order valence-electron chi connectivity index (χ3n) is 2.29. The summed E-state index contributed by atoms with van der Waals surface area (Å²) in [5.74, 6) is -0.623. The van der Waals surface area contributed by atoms with Crippen LogP contribution in [0.4, 0.5) is 0 Å². The van der Waals surface area contributed by atoms with Crippen LogP contribution in [0.25, 0.3) is 0 Å². The number of aliphatic hydroxyl groups excluding tert-OH is 1. The van der Waals surface area contributed by atoms with E-state index in [1.54, 1.807) is 0 Å². The van der Waals surface area contributed by atoms with Gasteiger partial charge in [-0.15, -0.1) is 0 Å². The summed E-state index contributed by atoms with van der Waals surface area (Å²) in [5, 5.41) is 9.50. The summed E-state index contributed by atoms with van der Waals surface area (Å²) < 4.78 is 4.58. The van der Waals surface area contributed by atoms with Gasteiger partial charge in [-0.1, -0.05) is 0 Å². The molecule has 0 radical (unpaired) electrons. The smallest absolute Gasteiger partial charge is 0.311 e. The molecule has 0 saturated carbocycles. The maximum atomic E-state index is 11.1. The Bertz CT molecular complexity index is 172. The molecular formula is C8H15NO3. The van der Waals surface area contributed by atoms with E-state index < -0.39 is 6.10 Å². The van der Waals surface area contributed by atoms with Crippen molar-refractivity contribution in [3.05, 3.63) is 0 Å². The van der Waals surface area contributed by atoms with E-state index in [1.165, 1.54) is 7.11 Å². The lowest BCUT2D eigenvalue weighted by atomic mass is 9.94. The minimum absolute atomic E-state index is 0.296. The third kappa shape index (κ3) is 1.95. The number of hydrogen-bond acceptors (Lipinski definition) is 4. The molecule has 0 amide bonds. The molecule has 0 spiro atoms. The molecule has 0 unspecified atom stereocenters. The van der Waals surface area contributed by atoms with Crippen LogP contribution in [0, 0.1) is 5.92 Å². The lowest BCUT2D eigenvalue weighted by molar-refractivity contribution is -0.152. The normalized spacial score (nSPS) is 31.6.